The van der Waals surface area contributed by atoms with Gasteiger partial charge in [0.25, 0.3) is 11.8 Å². The average Bonchev–Trinajstić information content (AvgIpc) is 3.09. The molecule has 176 valence electrons. The van der Waals surface area contributed by atoms with Crippen molar-refractivity contribution in [3.8, 4) is 5.75 Å². The lowest BCUT2D eigenvalue weighted by Gasteiger charge is -2.25. The van der Waals surface area contributed by atoms with Crippen LogP contribution >= 0.6 is 0 Å². The molecule has 0 fully saturated rings. The highest BCUT2D eigenvalue weighted by molar-refractivity contribution is 6.35. The molecule has 0 radical (unpaired) electrons. The van der Waals surface area contributed by atoms with Crippen LogP contribution in [0.4, 0.5) is 0 Å². The molecular weight excluding hydrogens is 418 g/mol. The Morgan fingerprint density at radius 2 is 1.70 bits per heavy atom. The van der Waals surface area contributed by atoms with Crippen molar-refractivity contribution in [2.24, 2.45) is 0 Å². The molecule has 0 bridgehead atoms. The number of amides is 2. The Hall–Kier alpha value is -3.19. The van der Waals surface area contributed by atoms with Crippen LogP contribution in [-0.2, 0) is 20.7 Å². The van der Waals surface area contributed by atoms with Gasteiger partial charge in [-0.15, -0.1) is 0 Å². The van der Waals surface area contributed by atoms with Crippen LogP contribution in [0.2, 0.25) is 0 Å². The Kier molecular flexibility index (Phi) is 9.01. The minimum Gasteiger partial charge on any atom is -0.494 e. The summed E-state index contributed by atoms with van der Waals surface area (Å²) in [4.78, 5) is 34.3. The molecule has 7 nitrogen and oxygen atoms in total. The summed E-state index contributed by atoms with van der Waals surface area (Å²) in [5.41, 5.74) is 2.78. The first kappa shape index (κ1) is 24.5. The minimum atomic E-state index is -0.254. The Labute approximate surface area is 196 Å². The van der Waals surface area contributed by atoms with E-state index in [4.69, 9.17) is 9.47 Å². The summed E-state index contributed by atoms with van der Waals surface area (Å²) in [6.07, 6.45) is 5.80. The van der Waals surface area contributed by atoms with Gasteiger partial charge in [0, 0.05) is 45.7 Å². The molecule has 0 N–H and O–H groups in total. The number of benzene rings is 1. The summed E-state index contributed by atoms with van der Waals surface area (Å²) in [5.74, 6) is 0.256. The highest BCUT2D eigenvalue weighted by Gasteiger charge is 2.40. The van der Waals surface area contributed by atoms with Crippen LogP contribution < -0.4 is 4.74 Å². The first-order chi connectivity index (χ1) is 16.1. The zero-order valence-corrected chi connectivity index (χ0v) is 19.8. The van der Waals surface area contributed by atoms with Crippen LogP contribution in [0.25, 0.3) is 5.57 Å². The molecule has 1 aliphatic heterocycles. The number of aromatic nitrogens is 1. The van der Waals surface area contributed by atoms with Gasteiger partial charge < -0.3 is 14.4 Å². The van der Waals surface area contributed by atoms with Crippen LogP contribution in [0.3, 0.4) is 0 Å². The zero-order chi connectivity index (χ0) is 23.6. The third kappa shape index (κ3) is 5.99. The van der Waals surface area contributed by atoms with Crippen LogP contribution in [0.15, 0.2) is 54.5 Å². The van der Waals surface area contributed by atoms with Gasteiger partial charge in [-0.3, -0.25) is 19.5 Å². The smallest absolute Gasteiger partial charge is 0.277 e. The number of ether oxygens (including phenoxy) is 2. The fourth-order valence-electron chi connectivity index (χ4n) is 3.87. The molecule has 0 atom stereocenters. The average molecular weight is 452 g/mol. The van der Waals surface area contributed by atoms with E-state index in [2.05, 4.69) is 11.9 Å². The molecular formula is C26H33N3O4. The van der Waals surface area contributed by atoms with Crippen LogP contribution in [-0.4, -0.2) is 66.6 Å². The predicted molar refractivity (Wildman–Crippen MR) is 128 cm³/mol. The third-order valence-electron chi connectivity index (χ3n) is 5.61. The number of likely N-dealkylation sites (N-methyl/N-ethyl adjacent to an activating group) is 1. The standard InChI is InChI=1S/C26H33N3O4/c1-4-18-33-22-9-7-21(8-10-22)23-24(26(31)29(25(23)30)16-6-19-32-3)28(5-2)17-13-20-11-14-27-15-12-20/h7-12,14-15H,4-6,13,16-19H2,1-3H3. The molecule has 2 heterocycles. The van der Waals surface area contributed by atoms with E-state index in [1.54, 1.807) is 19.5 Å². The van der Waals surface area contributed by atoms with E-state index >= 15 is 0 Å². The second-order valence-electron chi connectivity index (χ2n) is 7.89. The van der Waals surface area contributed by atoms with E-state index in [-0.39, 0.29) is 11.8 Å². The van der Waals surface area contributed by atoms with Gasteiger partial charge >= 0.3 is 0 Å². The Balaban J connectivity index is 1.92. The number of pyridine rings is 1. The van der Waals surface area contributed by atoms with Crippen LogP contribution in [0.1, 0.15) is 37.8 Å². The molecule has 0 unspecified atom stereocenters. The van der Waals surface area contributed by atoms with Gasteiger partial charge in [0.05, 0.1) is 12.2 Å². The summed E-state index contributed by atoms with van der Waals surface area (Å²) in [6, 6.07) is 11.4. The highest BCUT2D eigenvalue weighted by atomic mass is 16.5. The lowest BCUT2D eigenvalue weighted by atomic mass is 10.0. The maximum absolute atomic E-state index is 13.4. The number of imide groups is 1. The second kappa shape index (κ2) is 12.2. The first-order valence-corrected chi connectivity index (χ1v) is 11.6. The molecule has 3 rings (SSSR count). The maximum Gasteiger partial charge on any atom is 0.277 e. The summed E-state index contributed by atoms with van der Waals surface area (Å²) in [6.45, 7) is 6.76. The molecule has 7 heteroatoms. The SMILES string of the molecule is CCCOc1ccc(C2=C(N(CC)CCc3ccncc3)C(=O)N(CCCOC)C2=O)cc1. The number of rotatable bonds is 13. The summed E-state index contributed by atoms with van der Waals surface area (Å²) < 4.78 is 10.8. The highest BCUT2D eigenvalue weighted by Crippen LogP contribution is 2.32. The number of carbonyl (C=O) groups is 2. The number of methoxy groups -OCH3 is 1. The van der Waals surface area contributed by atoms with E-state index in [0.717, 1.165) is 29.7 Å². The van der Waals surface area contributed by atoms with Gasteiger partial charge in [-0.2, -0.15) is 0 Å². The largest absolute Gasteiger partial charge is 0.494 e. The molecule has 1 aliphatic rings. The van der Waals surface area contributed by atoms with E-state index in [9.17, 15) is 9.59 Å². The molecule has 33 heavy (non-hydrogen) atoms. The number of nitrogens with zero attached hydrogens (tertiary/aromatic N) is 3. The van der Waals surface area contributed by atoms with Crippen molar-refractivity contribution in [2.75, 3.05) is 40.0 Å². The van der Waals surface area contributed by atoms with Gasteiger partial charge in [-0.25, -0.2) is 0 Å². The van der Waals surface area contributed by atoms with Gasteiger partial charge in [-0.1, -0.05) is 19.1 Å². The summed E-state index contributed by atoms with van der Waals surface area (Å²) >= 11 is 0. The van der Waals surface area contributed by atoms with Crippen molar-refractivity contribution in [3.63, 3.8) is 0 Å². The molecule has 2 aromatic rings. The van der Waals surface area contributed by atoms with Crippen LogP contribution in [0.5, 0.6) is 5.75 Å². The monoisotopic (exact) mass is 451 g/mol. The summed E-state index contributed by atoms with van der Waals surface area (Å²) in [7, 11) is 1.61. The van der Waals surface area contributed by atoms with Crippen molar-refractivity contribution in [1.82, 2.24) is 14.8 Å². The van der Waals surface area contributed by atoms with Crippen molar-refractivity contribution in [2.45, 2.75) is 33.1 Å². The van der Waals surface area contributed by atoms with E-state index in [1.807, 2.05) is 48.2 Å². The quantitative estimate of drug-likeness (QED) is 0.343. The molecule has 0 aliphatic carbocycles. The normalized spacial score (nSPS) is 13.7. The fraction of sp³-hybridized carbons (Fsp3) is 0.423. The molecule has 2 amide bonds. The Morgan fingerprint density at radius 3 is 2.33 bits per heavy atom. The van der Waals surface area contributed by atoms with Crippen molar-refractivity contribution in [3.05, 3.63) is 65.6 Å². The number of hydrogen-bond acceptors (Lipinski definition) is 6. The second-order valence-corrected chi connectivity index (χ2v) is 7.89. The van der Waals surface area contributed by atoms with Crippen molar-refractivity contribution in [1.29, 1.82) is 0 Å². The molecule has 1 aromatic carbocycles. The topological polar surface area (TPSA) is 72.0 Å². The van der Waals surface area contributed by atoms with Gasteiger partial charge in [-0.05, 0) is 61.6 Å². The fourth-order valence-corrected chi connectivity index (χ4v) is 3.87. The van der Waals surface area contributed by atoms with Crippen molar-refractivity contribution < 1.29 is 19.1 Å². The van der Waals surface area contributed by atoms with E-state index < -0.39 is 0 Å². The molecule has 1 aromatic heterocycles. The van der Waals surface area contributed by atoms with E-state index in [1.165, 1.54) is 4.90 Å². The zero-order valence-electron chi connectivity index (χ0n) is 19.8. The first-order valence-electron chi connectivity index (χ1n) is 11.6. The van der Waals surface area contributed by atoms with Crippen LogP contribution in [0, 0.1) is 0 Å². The number of hydrogen-bond donors (Lipinski definition) is 0. The summed E-state index contributed by atoms with van der Waals surface area (Å²) in [5, 5.41) is 0. The van der Waals surface area contributed by atoms with Gasteiger partial charge in [0.2, 0.25) is 0 Å². The molecule has 0 spiro atoms. The van der Waals surface area contributed by atoms with Gasteiger partial charge in [0.15, 0.2) is 0 Å². The Morgan fingerprint density at radius 1 is 0.970 bits per heavy atom. The maximum atomic E-state index is 13.4. The minimum absolute atomic E-state index is 0.242. The third-order valence-corrected chi connectivity index (χ3v) is 5.61. The van der Waals surface area contributed by atoms with Crippen molar-refractivity contribution >= 4 is 17.4 Å². The predicted octanol–water partition coefficient (Wildman–Crippen LogP) is 3.55. The lowest BCUT2D eigenvalue weighted by molar-refractivity contribution is -0.137. The number of carbonyl (C=O) groups excluding carboxylic acids is 2. The molecule has 0 saturated carbocycles. The molecule has 0 saturated heterocycles. The Bertz CT molecular complexity index is 957. The lowest BCUT2D eigenvalue weighted by Crippen LogP contribution is -2.36. The van der Waals surface area contributed by atoms with E-state index in [0.29, 0.717) is 50.5 Å². The van der Waals surface area contributed by atoms with Gasteiger partial charge in [0.1, 0.15) is 11.4 Å².